The topological polar surface area (TPSA) is 75.6 Å². The van der Waals surface area contributed by atoms with Gasteiger partial charge in [-0.05, 0) is 51.7 Å². The Hall–Kier alpha value is -1.05. The molecule has 0 spiro atoms. The second-order valence-corrected chi connectivity index (χ2v) is 9.95. The van der Waals surface area contributed by atoms with Gasteiger partial charge in [0, 0.05) is 18.5 Å². The summed E-state index contributed by atoms with van der Waals surface area (Å²) in [5.41, 5.74) is 0.375. The predicted molar refractivity (Wildman–Crippen MR) is 103 cm³/mol. The first kappa shape index (κ1) is 21.3. The van der Waals surface area contributed by atoms with Gasteiger partial charge in [0.15, 0.2) is 7.05 Å². The number of anilines is 1. The molecule has 2 rings (SSSR count). The molecule has 1 fully saturated rings. The van der Waals surface area contributed by atoms with Crippen LogP contribution in [0.25, 0.3) is 0 Å². The first-order chi connectivity index (χ1) is 12.1. The highest BCUT2D eigenvalue weighted by atomic mass is 32.2. The Morgan fingerprint density at radius 2 is 2.00 bits per heavy atom. The van der Waals surface area contributed by atoms with Crippen molar-refractivity contribution in [3.05, 3.63) is 11.8 Å². The molecule has 2 N–H and O–H groups in total. The molecule has 6 nitrogen and oxygen atoms in total. The van der Waals surface area contributed by atoms with Gasteiger partial charge in [0.1, 0.15) is 0 Å². The number of carbonyl (C=O) groups excluding carboxylic acids is 1. The van der Waals surface area contributed by atoms with Gasteiger partial charge >= 0.3 is 0 Å². The van der Waals surface area contributed by atoms with Crippen LogP contribution in [0.1, 0.15) is 59.6 Å². The van der Waals surface area contributed by atoms with Crippen molar-refractivity contribution < 1.29 is 23.9 Å². The largest absolute Gasteiger partial charge is 0.392 e. The zero-order chi connectivity index (χ0) is 19.5. The smallest absolute Gasteiger partial charge is 0.282 e. The number of ether oxygens (including phenoxy) is 1. The quantitative estimate of drug-likeness (QED) is 0.706. The van der Waals surface area contributed by atoms with Crippen LogP contribution in [0.3, 0.4) is 0 Å². The molecule has 1 amide bonds. The second-order valence-electron chi connectivity index (χ2n) is 8.02. The Morgan fingerprint density at radius 1 is 1.38 bits per heavy atom. The summed E-state index contributed by atoms with van der Waals surface area (Å²) in [5.74, 6) is 0.327. The van der Waals surface area contributed by atoms with E-state index in [1.807, 2.05) is 40.7 Å². The van der Waals surface area contributed by atoms with E-state index in [0.717, 1.165) is 31.7 Å². The standard InChI is InChI=1S/C19H32N2O4S/c1-7-15(22)18(2,3)14-12-16(25-21(14)6)20-17(23)19(4,5)26-13-8-10-24-11-9-13/h12-13,15,22H,7-11H2,1-6H3/p+1. The van der Waals surface area contributed by atoms with Crippen molar-refractivity contribution in [1.29, 1.82) is 0 Å². The average Bonchev–Trinajstić information content (AvgIpc) is 2.95. The van der Waals surface area contributed by atoms with E-state index in [0.29, 0.717) is 17.6 Å². The van der Waals surface area contributed by atoms with Crippen LogP contribution in [0.5, 0.6) is 0 Å². The first-order valence-electron chi connectivity index (χ1n) is 9.33. The van der Waals surface area contributed by atoms with Gasteiger partial charge in [-0.1, -0.05) is 6.92 Å². The van der Waals surface area contributed by atoms with E-state index in [-0.39, 0.29) is 5.91 Å². The number of amides is 1. The van der Waals surface area contributed by atoms with Crippen molar-refractivity contribution in [2.75, 3.05) is 18.5 Å². The Labute approximate surface area is 160 Å². The number of nitrogens with one attached hydrogen (secondary N) is 1. The summed E-state index contributed by atoms with van der Waals surface area (Å²) >= 11 is 1.69. The third kappa shape index (κ3) is 4.81. The van der Waals surface area contributed by atoms with E-state index in [1.165, 1.54) is 0 Å². The van der Waals surface area contributed by atoms with Gasteiger partial charge in [0.05, 0.1) is 22.3 Å². The molecule has 1 atom stereocenters. The lowest BCUT2D eigenvalue weighted by Crippen LogP contribution is -2.44. The van der Waals surface area contributed by atoms with Crippen molar-refractivity contribution in [2.24, 2.45) is 7.05 Å². The summed E-state index contributed by atoms with van der Waals surface area (Å²) in [6, 6.07) is 1.81. The van der Waals surface area contributed by atoms with Crippen LogP contribution in [0.2, 0.25) is 0 Å². The van der Waals surface area contributed by atoms with Crippen molar-refractivity contribution in [2.45, 2.75) is 75.4 Å². The molecule has 1 aromatic heterocycles. The Kier molecular flexibility index (Phi) is 6.80. The third-order valence-corrected chi connectivity index (χ3v) is 6.71. The van der Waals surface area contributed by atoms with E-state index in [2.05, 4.69) is 5.32 Å². The molecular formula is C19H33N2O4S+. The lowest BCUT2D eigenvalue weighted by molar-refractivity contribution is -0.850. The number of aliphatic hydroxyl groups is 1. The lowest BCUT2D eigenvalue weighted by atomic mass is 9.82. The molecule has 0 aromatic carbocycles. The molecule has 1 aromatic rings. The molecule has 2 heterocycles. The van der Waals surface area contributed by atoms with Crippen LogP contribution in [0, 0.1) is 0 Å². The molecule has 0 bridgehead atoms. The number of hydrogen-bond donors (Lipinski definition) is 2. The predicted octanol–water partition coefficient (Wildman–Crippen LogP) is 2.78. The summed E-state index contributed by atoms with van der Waals surface area (Å²) < 4.78 is 12.1. The van der Waals surface area contributed by atoms with E-state index in [1.54, 1.807) is 23.5 Å². The van der Waals surface area contributed by atoms with Gasteiger partial charge in [0.2, 0.25) is 11.6 Å². The van der Waals surface area contributed by atoms with Gasteiger partial charge in [-0.3, -0.25) is 10.1 Å². The number of thioether (sulfide) groups is 1. The minimum Gasteiger partial charge on any atom is -0.392 e. The van der Waals surface area contributed by atoms with Crippen molar-refractivity contribution in [1.82, 2.24) is 0 Å². The van der Waals surface area contributed by atoms with E-state index >= 15 is 0 Å². The van der Waals surface area contributed by atoms with Crippen molar-refractivity contribution in [3.8, 4) is 0 Å². The van der Waals surface area contributed by atoms with E-state index < -0.39 is 16.3 Å². The normalized spacial score (nSPS) is 18.0. The number of aromatic nitrogens is 1. The number of carbonyl (C=O) groups is 1. The minimum atomic E-state index is -0.564. The molecular weight excluding hydrogens is 352 g/mol. The maximum absolute atomic E-state index is 12.8. The highest BCUT2D eigenvalue weighted by molar-refractivity contribution is 8.02. The van der Waals surface area contributed by atoms with Crippen LogP contribution in [0.15, 0.2) is 10.6 Å². The number of nitrogens with zero attached hydrogens (tertiary/aromatic N) is 1. The fourth-order valence-corrected chi connectivity index (χ4v) is 4.72. The summed E-state index contributed by atoms with van der Waals surface area (Å²) in [4.78, 5) is 12.8. The van der Waals surface area contributed by atoms with Crippen molar-refractivity contribution in [3.63, 3.8) is 0 Å². The third-order valence-electron chi connectivity index (χ3n) is 5.14. The summed E-state index contributed by atoms with van der Waals surface area (Å²) in [6.45, 7) is 11.3. The minimum absolute atomic E-state index is 0.0799. The zero-order valence-corrected chi connectivity index (χ0v) is 17.6. The van der Waals surface area contributed by atoms with Crippen molar-refractivity contribution >= 4 is 23.6 Å². The summed E-state index contributed by atoms with van der Waals surface area (Å²) in [6.07, 6.45) is 2.11. The number of rotatable bonds is 7. The molecule has 1 saturated heterocycles. The molecule has 26 heavy (non-hydrogen) atoms. The van der Waals surface area contributed by atoms with Gasteiger partial charge < -0.3 is 9.84 Å². The number of aryl methyl sites for hydroxylation is 1. The highest BCUT2D eigenvalue weighted by Crippen LogP contribution is 2.35. The Morgan fingerprint density at radius 3 is 2.58 bits per heavy atom. The Bertz CT molecular complexity index is 621. The molecule has 0 radical (unpaired) electrons. The molecule has 0 saturated carbocycles. The molecule has 148 valence electrons. The average molecular weight is 386 g/mol. The van der Waals surface area contributed by atoms with Crippen LogP contribution >= 0.6 is 11.8 Å². The van der Waals surface area contributed by atoms with Gasteiger partial charge in [-0.2, -0.15) is 0 Å². The monoisotopic (exact) mass is 385 g/mol. The lowest BCUT2D eigenvalue weighted by Gasteiger charge is -2.30. The zero-order valence-electron chi connectivity index (χ0n) is 16.8. The fourth-order valence-electron chi connectivity index (χ4n) is 3.30. The van der Waals surface area contributed by atoms with Gasteiger partial charge in [0.25, 0.3) is 5.88 Å². The van der Waals surface area contributed by atoms with E-state index in [9.17, 15) is 9.90 Å². The second kappa shape index (κ2) is 8.31. The molecule has 1 unspecified atom stereocenters. The Balaban J connectivity index is 2.08. The van der Waals surface area contributed by atoms with Gasteiger partial charge in [-0.15, -0.1) is 11.8 Å². The SMILES string of the molecule is CCC(O)C(C)(C)c1cc(NC(=O)C(C)(C)SC2CCOCC2)o[n+]1C. The maximum Gasteiger partial charge on any atom is 0.282 e. The number of hydrogen-bond acceptors (Lipinski definition) is 5. The molecule has 1 aliphatic heterocycles. The first-order valence-corrected chi connectivity index (χ1v) is 10.2. The molecule has 0 aliphatic carbocycles. The summed E-state index contributed by atoms with van der Waals surface area (Å²) in [7, 11) is 1.79. The maximum atomic E-state index is 12.8. The number of aliphatic hydroxyl groups excluding tert-OH is 1. The van der Waals surface area contributed by atoms with Crippen LogP contribution < -0.4 is 10.1 Å². The molecule has 1 aliphatic rings. The van der Waals surface area contributed by atoms with E-state index in [4.69, 9.17) is 9.26 Å². The van der Waals surface area contributed by atoms with Crippen LogP contribution in [-0.4, -0.2) is 40.3 Å². The van der Waals surface area contributed by atoms with Crippen LogP contribution in [0.4, 0.5) is 5.88 Å². The summed E-state index contributed by atoms with van der Waals surface area (Å²) in [5, 5.41) is 13.6. The molecule has 7 heteroatoms. The van der Waals surface area contributed by atoms with Crippen LogP contribution in [-0.2, 0) is 22.0 Å². The fraction of sp³-hybridized carbons (Fsp3) is 0.789. The van der Waals surface area contributed by atoms with Gasteiger partial charge in [-0.25, -0.2) is 4.52 Å². The highest BCUT2D eigenvalue weighted by Gasteiger charge is 2.40.